The Balaban J connectivity index is 0.837. The molecule has 0 spiro atoms. The molecule has 8 rings (SSSR count). The molecule has 0 saturated carbocycles. The molecule has 2 unspecified atom stereocenters. The third-order valence-electron chi connectivity index (χ3n) is 13.0. The number of imide groups is 1. The second-order valence-corrected chi connectivity index (χ2v) is 17.0. The number of rotatable bonds is 10. The molecule has 61 heavy (non-hydrogen) atoms. The van der Waals surface area contributed by atoms with Gasteiger partial charge in [-0.15, -0.1) is 0 Å². The molecule has 5 heterocycles. The van der Waals surface area contributed by atoms with Crippen LogP contribution < -0.4 is 27.4 Å². The van der Waals surface area contributed by atoms with Crippen molar-refractivity contribution >= 4 is 40.1 Å². The number of fused-ring (bicyclic) bond motifs is 1. The SMILES string of the molecule is CCC1CN(C(/C=C(\N)c2ccccc2O)=C(N)N)CC(c2ccc(C(=O)N3CCC(CN4CCC(n5c(C)cc6c(N7CCC(=O)NC7=O)cccc65)CC4)CC3)cc2)O1. The number of para-hydroxylation sites is 1. The van der Waals surface area contributed by atoms with Crippen LogP contribution in [-0.2, 0) is 9.53 Å². The first-order valence-electron chi connectivity index (χ1n) is 21.7. The van der Waals surface area contributed by atoms with Gasteiger partial charge in [-0.3, -0.25) is 19.8 Å². The van der Waals surface area contributed by atoms with E-state index in [4.69, 9.17) is 21.9 Å². The average Bonchev–Trinajstić information content (AvgIpc) is 3.61. The predicted octanol–water partition coefficient (Wildman–Crippen LogP) is 5.53. The van der Waals surface area contributed by atoms with Crippen molar-refractivity contribution in [2.24, 2.45) is 23.1 Å². The van der Waals surface area contributed by atoms with Crippen LogP contribution in [0.5, 0.6) is 5.75 Å². The highest BCUT2D eigenvalue weighted by atomic mass is 16.5. The van der Waals surface area contributed by atoms with Gasteiger partial charge in [-0.25, -0.2) is 4.79 Å². The summed E-state index contributed by atoms with van der Waals surface area (Å²) in [4.78, 5) is 46.5. The van der Waals surface area contributed by atoms with Crippen LogP contribution in [0, 0.1) is 12.8 Å². The van der Waals surface area contributed by atoms with Gasteiger partial charge < -0.3 is 46.3 Å². The Morgan fingerprint density at radius 3 is 2.31 bits per heavy atom. The van der Waals surface area contributed by atoms with E-state index in [9.17, 15) is 19.5 Å². The topological polar surface area (TPSA) is 189 Å². The number of aromatic hydroxyl groups is 1. The number of morpholine rings is 1. The Labute approximate surface area is 357 Å². The number of nitrogens with two attached hydrogens (primary N) is 3. The van der Waals surface area contributed by atoms with Crippen LogP contribution in [-0.4, -0.2) is 101 Å². The summed E-state index contributed by atoms with van der Waals surface area (Å²) in [5.74, 6) is 0.578. The third-order valence-corrected chi connectivity index (χ3v) is 13.0. The first-order valence-corrected chi connectivity index (χ1v) is 21.7. The van der Waals surface area contributed by atoms with Crippen LogP contribution in [0.2, 0.25) is 0 Å². The molecule has 4 aromatic rings. The lowest BCUT2D eigenvalue weighted by atomic mass is 9.94. The molecule has 4 amide bonds. The van der Waals surface area contributed by atoms with Crippen LogP contribution in [0.4, 0.5) is 10.5 Å². The van der Waals surface area contributed by atoms with Crippen LogP contribution in [0.25, 0.3) is 16.6 Å². The van der Waals surface area contributed by atoms with Gasteiger partial charge in [-0.1, -0.05) is 37.3 Å². The number of phenolic OH excluding ortho intramolecular Hbond substituents is 1. The number of urea groups is 1. The third kappa shape index (κ3) is 8.92. The number of amides is 4. The van der Waals surface area contributed by atoms with E-state index >= 15 is 0 Å². The maximum absolute atomic E-state index is 13.7. The molecule has 4 saturated heterocycles. The summed E-state index contributed by atoms with van der Waals surface area (Å²) < 4.78 is 8.94. The summed E-state index contributed by atoms with van der Waals surface area (Å²) >= 11 is 0. The number of carbonyl (C=O) groups is 3. The standard InChI is InChI=1S/C47H59N9O5/c1-3-35-28-54(41(45(49)50)26-38(48)36-7-4-5-10-42(36)57)29-43(61-35)32-11-13-33(14-12-32)46(59)53-22-15-31(16-23-53)27-52-20-17-34(18-21-52)56-30(2)25-37-39(8-6-9-40(37)56)55-24-19-44(58)51-47(55)60/h4-14,25-26,31,34-35,43,57H,3,15-24,27-29,48-50H2,1-2H3,(H,51,58,60)/b38-26-. The first-order chi connectivity index (χ1) is 29.5. The Kier molecular flexibility index (Phi) is 12.3. The number of ether oxygens (including phenoxy) is 1. The Morgan fingerprint density at radius 1 is 0.885 bits per heavy atom. The number of hydrogen-bond donors (Lipinski definition) is 5. The fraction of sp³-hybridized carbons (Fsp3) is 0.426. The summed E-state index contributed by atoms with van der Waals surface area (Å²) in [5.41, 5.74) is 25.0. The Hall–Kier alpha value is -5.99. The summed E-state index contributed by atoms with van der Waals surface area (Å²) in [5, 5.41) is 13.9. The molecule has 14 heteroatoms. The fourth-order valence-electron chi connectivity index (χ4n) is 9.69. The van der Waals surface area contributed by atoms with Gasteiger partial charge in [0.2, 0.25) is 5.91 Å². The summed E-state index contributed by atoms with van der Waals surface area (Å²) in [6.07, 6.45) is 6.51. The van der Waals surface area contributed by atoms with E-state index in [1.807, 2.05) is 47.4 Å². The number of allylic oxidation sites excluding steroid dienone is 1. The number of carbonyl (C=O) groups excluding carboxylic acids is 3. The molecule has 4 aliphatic rings. The van der Waals surface area contributed by atoms with Crippen molar-refractivity contribution in [2.75, 3.05) is 57.3 Å². The van der Waals surface area contributed by atoms with Crippen LogP contribution in [0.1, 0.15) is 84.8 Å². The van der Waals surface area contributed by atoms with E-state index in [0.29, 0.717) is 60.5 Å². The van der Waals surface area contributed by atoms with Gasteiger partial charge >= 0.3 is 6.03 Å². The van der Waals surface area contributed by atoms with E-state index in [1.165, 1.54) is 5.69 Å². The first kappa shape index (κ1) is 41.7. The van der Waals surface area contributed by atoms with Crippen molar-refractivity contribution in [3.05, 3.63) is 113 Å². The maximum Gasteiger partial charge on any atom is 0.328 e. The zero-order chi connectivity index (χ0) is 42.8. The van der Waals surface area contributed by atoms with Crippen molar-refractivity contribution in [3.63, 3.8) is 0 Å². The van der Waals surface area contributed by atoms with E-state index in [-0.39, 0.29) is 41.6 Å². The van der Waals surface area contributed by atoms with Crippen LogP contribution >= 0.6 is 0 Å². The fourth-order valence-corrected chi connectivity index (χ4v) is 9.69. The number of phenols is 1. The zero-order valence-corrected chi connectivity index (χ0v) is 35.3. The summed E-state index contributed by atoms with van der Waals surface area (Å²) in [7, 11) is 0. The number of aryl methyl sites for hydroxylation is 1. The van der Waals surface area contributed by atoms with Crippen LogP contribution in [0.3, 0.4) is 0 Å². The number of hydrogen-bond acceptors (Lipinski definition) is 10. The van der Waals surface area contributed by atoms with E-state index in [1.54, 1.807) is 29.2 Å². The van der Waals surface area contributed by atoms with Crippen molar-refractivity contribution in [3.8, 4) is 5.75 Å². The largest absolute Gasteiger partial charge is 0.507 e. The van der Waals surface area contributed by atoms with Crippen molar-refractivity contribution in [1.82, 2.24) is 24.6 Å². The van der Waals surface area contributed by atoms with Crippen molar-refractivity contribution in [1.29, 1.82) is 0 Å². The van der Waals surface area contributed by atoms with Gasteiger partial charge in [0.1, 0.15) is 17.7 Å². The van der Waals surface area contributed by atoms with Crippen molar-refractivity contribution in [2.45, 2.75) is 70.6 Å². The minimum atomic E-state index is -0.359. The molecule has 4 fully saturated rings. The minimum Gasteiger partial charge on any atom is -0.507 e. The average molecular weight is 830 g/mol. The lowest BCUT2D eigenvalue weighted by Gasteiger charge is -2.40. The highest BCUT2D eigenvalue weighted by molar-refractivity contribution is 6.09. The molecule has 4 aliphatic heterocycles. The van der Waals surface area contributed by atoms with Gasteiger partial charge in [0.05, 0.1) is 23.0 Å². The van der Waals surface area contributed by atoms with E-state index in [2.05, 4.69) is 45.7 Å². The molecule has 0 bridgehead atoms. The maximum atomic E-state index is 13.7. The molecule has 8 N–H and O–H groups in total. The van der Waals surface area contributed by atoms with E-state index in [0.717, 1.165) is 87.0 Å². The molecule has 14 nitrogen and oxygen atoms in total. The monoisotopic (exact) mass is 829 g/mol. The number of benzene rings is 3. The number of nitrogens with zero attached hydrogens (tertiary/aromatic N) is 5. The quantitative estimate of drug-likeness (QED) is 0.127. The van der Waals surface area contributed by atoms with Gasteiger partial charge in [0.25, 0.3) is 5.91 Å². The second kappa shape index (κ2) is 17.9. The van der Waals surface area contributed by atoms with Gasteiger partial charge in [-0.2, -0.15) is 0 Å². The molecule has 0 radical (unpaired) electrons. The lowest BCUT2D eigenvalue weighted by molar-refractivity contribution is -0.120. The number of piperidine rings is 2. The zero-order valence-electron chi connectivity index (χ0n) is 35.3. The van der Waals surface area contributed by atoms with Gasteiger partial charge in [0.15, 0.2) is 0 Å². The molecular weight excluding hydrogens is 771 g/mol. The molecule has 1 aromatic heterocycles. The number of anilines is 1. The number of likely N-dealkylation sites (tertiary alicyclic amines) is 2. The molecule has 2 atom stereocenters. The number of nitrogens with one attached hydrogen (secondary N) is 1. The van der Waals surface area contributed by atoms with Gasteiger partial charge in [0, 0.05) is 92.7 Å². The van der Waals surface area contributed by atoms with E-state index < -0.39 is 0 Å². The summed E-state index contributed by atoms with van der Waals surface area (Å²) in [6, 6.07) is 23.0. The predicted molar refractivity (Wildman–Crippen MR) is 237 cm³/mol. The summed E-state index contributed by atoms with van der Waals surface area (Å²) in [6.45, 7) is 10.2. The minimum absolute atomic E-state index is 0.0567. The normalized spacial score (nSPS) is 21.2. The van der Waals surface area contributed by atoms with Crippen molar-refractivity contribution < 1.29 is 24.2 Å². The second-order valence-electron chi connectivity index (χ2n) is 17.0. The molecule has 0 aliphatic carbocycles. The molecule has 322 valence electrons. The Morgan fingerprint density at radius 2 is 1.62 bits per heavy atom. The highest BCUT2D eigenvalue weighted by Crippen LogP contribution is 2.36. The van der Waals surface area contributed by atoms with Crippen LogP contribution in [0.15, 0.2) is 90.4 Å². The Bertz CT molecular complexity index is 2320. The molecular formula is C47H59N9O5. The highest BCUT2D eigenvalue weighted by Gasteiger charge is 2.32. The molecule has 3 aromatic carbocycles. The number of aromatic nitrogens is 1. The van der Waals surface area contributed by atoms with Gasteiger partial charge in [-0.05, 0) is 99.0 Å². The smallest absolute Gasteiger partial charge is 0.328 e. The lowest BCUT2D eigenvalue weighted by Crippen LogP contribution is -2.49.